The largest absolute Gasteiger partial charge is 0.311 e. The van der Waals surface area contributed by atoms with Crippen LogP contribution in [0.2, 0.25) is 0 Å². The molecule has 1 aromatic carbocycles. The number of benzene rings is 1. The van der Waals surface area contributed by atoms with Crippen LogP contribution in [-0.2, 0) is 0 Å². The van der Waals surface area contributed by atoms with Crippen LogP contribution in [0.5, 0.6) is 0 Å². The second-order valence-electron chi connectivity index (χ2n) is 7.50. The summed E-state index contributed by atoms with van der Waals surface area (Å²) in [6.07, 6.45) is 6.46. The molecule has 5 aromatic rings. The van der Waals surface area contributed by atoms with E-state index in [0.29, 0.717) is 0 Å². The molecule has 0 saturated heterocycles. The molecule has 0 amide bonds. The average molecular weight is 395 g/mol. The Kier molecular flexibility index (Phi) is 3.64. The smallest absolute Gasteiger partial charge is 0.260 e. The quantitative estimate of drug-likeness (QED) is 0.411. The van der Waals surface area contributed by atoms with Gasteiger partial charge in [-0.2, -0.15) is 0 Å². The van der Waals surface area contributed by atoms with E-state index in [0.717, 1.165) is 44.2 Å². The van der Waals surface area contributed by atoms with Crippen molar-refractivity contribution < 1.29 is 0 Å². The first kappa shape index (κ1) is 16.6. The van der Waals surface area contributed by atoms with Crippen LogP contribution < -0.4 is 5.56 Å². The molecule has 4 aromatic heterocycles. The van der Waals surface area contributed by atoms with Crippen LogP contribution in [0.4, 0.5) is 0 Å². The fourth-order valence-electron chi connectivity index (χ4n) is 4.15. The maximum Gasteiger partial charge on any atom is 0.260 e. The molecule has 2 unspecified atom stereocenters. The number of hydrogen-bond donors (Lipinski definition) is 0. The first-order chi connectivity index (χ1) is 14.3. The van der Waals surface area contributed by atoms with Gasteiger partial charge in [0.15, 0.2) is 0 Å². The van der Waals surface area contributed by atoms with Crippen LogP contribution in [0.25, 0.3) is 32.1 Å². The van der Waals surface area contributed by atoms with E-state index in [1.807, 2.05) is 47.3 Å². The van der Waals surface area contributed by atoms with Crippen LogP contribution in [0.1, 0.15) is 24.1 Å². The molecule has 0 spiro atoms. The van der Waals surface area contributed by atoms with Crippen LogP contribution in [0.3, 0.4) is 0 Å². The maximum absolute atomic E-state index is 13.4. The summed E-state index contributed by atoms with van der Waals surface area (Å²) in [5.41, 5.74) is 4.11. The third kappa shape index (κ3) is 2.69. The summed E-state index contributed by atoms with van der Waals surface area (Å²) < 4.78 is 2.92. The molecule has 0 radical (unpaired) electrons. The first-order valence-electron chi connectivity index (χ1n) is 9.68. The van der Waals surface area contributed by atoms with E-state index in [9.17, 15) is 4.79 Å². The van der Waals surface area contributed by atoms with E-state index in [-0.39, 0.29) is 17.5 Å². The minimum absolute atomic E-state index is 0.0795. The van der Waals surface area contributed by atoms with E-state index in [2.05, 4.69) is 34.6 Å². The molecule has 0 N–H and O–H groups in total. The molecule has 1 fully saturated rings. The second-order valence-corrected chi connectivity index (χ2v) is 8.41. The van der Waals surface area contributed by atoms with Crippen molar-refractivity contribution in [2.24, 2.45) is 0 Å². The molecular weight excluding hydrogens is 378 g/mol. The van der Waals surface area contributed by atoms with E-state index < -0.39 is 0 Å². The van der Waals surface area contributed by atoms with Crippen molar-refractivity contribution in [3.05, 3.63) is 94.6 Å². The van der Waals surface area contributed by atoms with E-state index >= 15 is 0 Å². The Hall–Kier alpha value is -3.31. The number of rotatable bonds is 3. The van der Waals surface area contributed by atoms with Crippen molar-refractivity contribution in [1.82, 2.24) is 14.5 Å². The molecule has 1 saturated carbocycles. The van der Waals surface area contributed by atoms with Gasteiger partial charge in [0, 0.05) is 62.8 Å². The highest BCUT2D eigenvalue weighted by Gasteiger charge is 2.41. The molecule has 29 heavy (non-hydrogen) atoms. The zero-order valence-corrected chi connectivity index (χ0v) is 16.3. The lowest BCUT2D eigenvalue weighted by molar-refractivity contribution is 0.688. The molecule has 5 heteroatoms. The predicted molar refractivity (Wildman–Crippen MR) is 117 cm³/mol. The lowest BCUT2D eigenvalue weighted by atomic mass is 10.1. The van der Waals surface area contributed by atoms with Gasteiger partial charge in [0.2, 0.25) is 0 Å². The lowest BCUT2D eigenvalue weighted by Gasteiger charge is -2.07. The van der Waals surface area contributed by atoms with E-state index in [1.165, 1.54) is 0 Å². The van der Waals surface area contributed by atoms with Crippen molar-refractivity contribution in [3.8, 4) is 11.1 Å². The molecule has 140 valence electrons. The number of nitrogens with zero attached hydrogens (tertiary/aromatic N) is 3. The fraction of sp³-hybridized carbons (Fsp3) is 0.125. The van der Waals surface area contributed by atoms with Gasteiger partial charge < -0.3 is 4.57 Å². The van der Waals surface area contributed by atoms with Gasteiger partial charge in [-0.05, 0) is 30.7 Å². The summed E-state index contributed by atoms with van der Waals surface area (Å²) in [5, 5.41) is 4.00. The predicted octanol–water partition coefficient (Wildman–Crippen LogP) is 5.40. The normalized spacial score (nSPS) is 18.3. The molecular formula is C24H17N3OS. The van der Waals surface area contributed by atoms with Gasteiger partial charge in [0.05, 0.1) is 10.9 Å². The average Bonchev–Trinajstić information content (AvgIpc) is 3.44. The Bertz CT molecular complexity index is 1420. The number of pyridine rings is 3. The Morgan fingerprint density at radius 1 is 1.03 bits per heavy atom. The van der Waals surface area contributed by atoms with Crippen LogP contribution in [-0.4, -0.2) is 14.5 Å². The van der Waals surface area contributed by atoms with Gasteiger partial charge in [-0.1, -0.05) is 30.3 Å². The summed E-state index contributed by atoms with van der Waals surface area (Å²) >= 11 is 1.61. The van der Waals surface area contributed by atoms with Crippen molar-refractivity contribution in [2.45, 2.75) is 18.4 Å². The van der Waals surface area contributed by atoms with Crippen molar-refractivity contribution in [2.75, 3.05) is 0 Å². The van der Waals surface area contributed by atoms with Gasteiger partial charge >= 0.3 is 0 Å². The lowest BCUT2D eigenvalue weighted by Crippen LogP contribution is -2.18. The van der Waals surface area contributed by atoms with Gasteiger partial charge in [-0.3, -0.25) is 14.8 Å². The zero-order chi connectivity index (χ0) is 19.4. The standard InChI is InChI=1S/C24H17N3OS/c28-24-23-18(16-5-3-10-25-13-16)14-29-22(23)9-11-27(24)21-12-17(21)20-8-7-15-4-1-2-6-19(15)26-20/h1-11,13-14,17,21H,12H2. The third-order valence-electron chi connectivity index (χ3n) is 5.74. The summed E-state index contributed by atoms with van der Waals surface area (Å²) in [5.74, 6) is 0.287. The van der Waals surface area contributed by atoms with Crippen molar-refractivity contribution in [1.29, 1.82) is 0 Å². The zero-order valence-electron chi connectivity index (χ0n) is 15.5. The SMILES string of the molecule is O=c1c2c(-c3cccnc3)csc2ccn1C1CC1c1ccc2ccccc2n1. The molecule has 0 aliphatic heterocycles. The molecule has 0 bridgehead atoms. The van der Waals surface area contributed by atoms with Crippen LogP contribution in [0, 0.1) is 0 Å². The molecule has 4 nitrogen and oxygen atoms in total. The molecule has 1 aliphatic rings. The topological polar surface area (TPSA) is 47.8 Å². The fourth-order valence-corrected chi connectivity index (χ4v) is 5.11. The van der Waals surface area contributed by atoms with Gasteiger partial charge in [-0.25, -0.2) is 0 Å². The molecule has 6 rings (SSSR count). The summed E-state index contributed by atoms with van der Waals surface area (Å²) in [7, 11) is 0. The Balaban J connectivity index is 1.41. The van der Waals surface area contributed by atoms with Crippen molar-refractivity contribution in [3.63, 3.8) is 0 Å². The highest BCUT2D eigenvalue weighted by molar-refractivity contribution is 7.17. The van der Waals surface area contributed by atoms with E-state index in [4.69, 9.17) is 4.98 Å². The number of fused-ring (bicyclic) bond motifs is 2. The summed E-state index contributed by atoms with van der Waals surface area (Å²) in [4.78, 5) is 22.4. The van der Waals surface area contributed by atoms with Gasteiger partial charge in [0.25, 0.3) is 5.56 Å². The van der Waals surface area contributed by atoms with Gasteiger partial charge in [-0.15, -0.1) is 11.3 Å². The number of para-hydroxylation sites is 1. The maximum atomic E-state index is 13.4. The highest BCUT2D eigenvalue weighted by atomic mass is 32.1. The molecule has 1 aliphatic carbocycles. The Morgan fingerprint density at radius 3 is 2.86 bits per heavy atom. The van der Waals surface area contributed by atoms with Crippen LogP contribution >= 0.6 is 11.3 Å². The Morgan fingerprint density at radius 2 is 1.97 bits per heavy atom. The Labute approximate surface area is 171 Å². The summed E-state index contributed by atoms with van der Waals surface area (Å²) in [6.45, 7) is 0. The minimum atomic E-state index is 0.0795. The molecule has 2 atom stereocenters. The summed E-state index contributed by atoms with van der Waals surface area (Å²) in [6, 6.07) is 18.5. The second kappa shape index (κ2) is 6.36. The van der Waals surface area contributed by atoms with Gasteiger partial charge in [0.1, 0.15) is 0 Å². The van der Waals surface area contributed by atoms with Crippen LogP contribution in [0.15, 0.2) is 83.4 Å². The highest BCUT2D eigenvalue weighted by Crippen LogP contribution is 2.50. The minimum Gasteiger partial charge on any atom is -0.311 e. The monoisotopic (exact) mass is 395 g/mol. The number of thiophene rings is 1. The molecule has 4 heterocycles. The third-order valence-corrected chi connectivity index (χ3v) is 6.69. The number of hydrogen-bond acceptors (Lipinski definition) is 4. The first-order valence-corrected chi connectivity index (χ1v) is 10.6. The van der Waals surface area contributed by atoms with E-state index in [1.54, 1.807) is 17.5 Å². The van der Waals surface area contributed by atoms with Crippen molar-refractivity contribution >= 4 is 32.3 Å². The number of aromatic nitrogens is 3.